The molecule has 2 aliphatic rings. The van der Waals surface area contributed by atoms with Gasteiger partial charge in [-0.1, -0.05) is 29.8 Å². The summed E-state index contributed by atoms with van der Waals surface area (Å²) < 4.78 is 7.60. The molecule has 0 radical (unpaired) electrons. The van der Waals surface area contributed by atoms with Crippen LogP contribution in [0.1, 0.15) is 55.0 Å². The number of nitrogens with zero attached hydrogens (tertiary/aromatic N) is 3. The predicted molar refractivity (Wildman–Crippen MR) is 131 cm³/mol. The van der Waals surface area contributed by atoms with Gasteiger partial charge in [0.15, 0.2) is 0 Å². The number of carbonyl (C=O) groups is 1. The molecule has 170 valence electrons. The van der Waals surface area contributed by atoms with E-state index in [0.29, 0.717) is 6.04 Å². The summed E-state index contributed by atoms with van der Waals surface area (Å²) >= 11 is 6.10. The van der Waals surface area contributed by atoms with E-state index in [4.69, 9.17) is 16.3 Å². The summed E-state index contributed by atoms with van der Waals surface area (Å²) in [5, 5.41) is 0.722. The van der Waals surface area contributed by atoms with Crippen molar-refractivity contribution in [2.45, 2.75) is 51.1 Å². The number of hydrogen-bond donors (Lipinski definition) is 0. The third-order valence-electron chi connectivity index (χ3n) is 6.79. The van der Waals surface area contributed by atoms with Gasteiger partial charge in [-0.05, 0) is 80.5 Å². The molecule has 3 heterocycles. The summed E-state index contributed by atoms with van der Waals surface area (Å²) in [4.78, 5) is 20.1. The Bertz CT molecular complexity index is 1200. The van der Waals surface area contributed by atoms with E-state index in [1.807, 2.05) is 54.1 Å². The molecule has 1 amide bonds. The Balaban J connectivity index is 1.44. The van der Waals surface area contributed by atoms with Gasteiger partial charge in [-0.3, -0.25) is 4.79 Å². The average molecular weight is 462 g/mol. The van der Waals surface area contributed by atoms with Crippen LogP contribution in [-0.2, 0) is 4.79 Å². The Morgan fingerprint density at radius 3 is 2.67 bits per heavy atom. The van der Waals surface area contributed by atoms with Crippen molar-refractivity contribution in [3.63, 3.8) is 0 Å². The van der Waals surface area contributed by atoms with Crippen molar-refractivity contribution in [2.75, 3.05) is 7.11 Å². The molecule has 2 saturated heterocycles. The molecule has 0 aliphatic carbocycles. The van der Waals surface area contributed by atoms with E-state index in [0.717, 1.165) is 65.4 Å². The van der Waals surface area contributed by atoms with Crippen molar-refractivity contribution in [1.82, 2.24) is 14.5 Å². The first-order valence-corrected chi connectivity index (χ1v) is 11.9. The number of aromatic nitrogens is 2. The minimum atomic E-state index is 0.110. The Kier molecular flexibility index (Phi) is 5.98. The highest BCUT2D eigenvalue weighted by Gasteiger charge is 2.39. The fraction of sp³-hybridized carbons (Fsp3) is 0.333. The second kappa shape index (κ2) is 9.06. The second-order valence-electron chi connectivity index (χ2n) is 8.93. The number of fused-ring (bicyclic) bond motifs is 1. The number of methoxy groups -OCH3 is 1. The first kappa shape index (κ1) is 21.8. The van der Waals surface area contributed by atoms with Gasteiger partial charge in [0, 0.05) is 22.8 Å². The number of hydrogen-bond acceptors (Lipinski definition) is 3. The Hall–Kier alpha value is -3.05. The molecule has 0 spiro atoms. The number of piperidine rings is 2. The smallest absolute Gasteiger partial charge is 0.250 e. The molecule has 2 fully saturated rings. The molecular weight excluding hydrogens is 434 g/mol. The number of rotatable bonds is 4. The number of aryl methyl sites for hydroxylation is 1. The lowest BCUT2D eigenvalue weighted by molar-refractivity contribution is -0.136. The van der Waals surface area contributed by atoms with Gasteiger partial charge >= 0.3 is 0 Å². The number of benzene rings is 2. The zero-order valence-corrected chi connectivity index (χ0v) is 19.8. The van der Waals surface area contributed by atoms with Crippen molar-refractivity contribution >= 4 is 23.6 Å². The molecule has 6 heteroatoms. The van der Waals surface area contributed by atoms with Crippen LogP contribution in [0.5, 0.6) is 5.75 Å². The molecular formula is C27H28ClN3O2. The van der Waals surface area contributed by atoms with E-state index in [-0.39, 0.29) is 11.9 Å². The molecule has 1 unspecified atom stereocenters. The monoisotopic (exact) mass is 461 g/mol. The van der Waals surface area contributed by atoms with Crippen LogP contribution in [0.15, 0.2) is 60.6 Å². The highest BCUT2D eigenvalue weighted by molar-refractivity contribution is 6.30. The maximum atomic E-state index is 13.6. The summed E-state index contributed by atoms with van der Waals surface area (Å²) in [6, 6.07) is 14.4. The molecule has 0 bridgehead atoms. The van der Waals surface area contributed by atoms with Crippen molar-refractivity contribution < 1.29 is 9.53 Å². The summed E-state index contributed by atoms with van der Waals surface area (Å²) in [6.07, 6.45) is 10.8. The molecule has 33 heavy (non-hydrogen) atoms. The zero-order chi connectivity index (χ0) is 22.9. The standard InChI is InChI=1S/C27H28ClN3O2/c1-18-16-30(17-29-18)25-13-6-19(15-26(25)33-2)14-21-9-12-23-4-3-5-24(31(23)27(21)32)20-7-10-22(28)11-8-20/h6-8,10-11,13-17,23-24H,3-5,9,12H2,1-2H3/b21-14-/t23-,24?/m1/s1. The largest absolute Gasteiger partial charge is 0.495 e. The van der Waals surface area contributed by atoms with Crippen LogP contribution < -0.4 is 4.74 Å². The topological polar surface area (TPSA) is 47.4 Å². The first-order valence-electron chi connectivity index (χ1n) is 11.5. The minimum absolute atomic E-state index is 0.110. The fourth-order valence-electron chi connectivity index (χ4n) is 5.16. The number of carbonyl (C=O) groups excluding carboxylic acids is 1. The number of ether oxygens (including phenoxy) is 1. The maximum Gasteiger partial charge on any atom is 0.250 e. The molecule has 2 aromatic carbocycles. The normalized spacial score (nSPS) is 21.8. The summed E-state index contributed by atoms with van der Waals surface area (Å²) in [7, 11) is 1.67. The van der Waals surface area contributed by atoms with Crippen molar-refractivity contribution in [2.24, 2.45) is 0 Å². The molecule has 1 aromatic heterocycles. The fourth-order valence-corrected chi connectivity index (χ4v) is 5.29. The molecule has 0 saturated carbocycles. The molecule has 3 aromatic rings. The Morgan fingerprint density at radius 2 is 1.94 bits per heavy atom. The third kappa shape index (κ3) is 4.30. The van der Waals surface area contributed by atoms with Gasteiger partial charge in [-0.2, -0.15) is 0 Å². The van der Waals surface area contributed by atoms with Gasteiger partial charge in [0.25, 0.3) is 5.91 Å². The van der Waals surface area contributed by atoms with Gasteiger partial charge in [-0.15, -0.1) is 0 Å². The van der Waals surface area contributed by atoms with E-state index >= 15 is 0 Å². The van der Waals surface area contributed by atoms with Crippen LogP contribution >= 0.6 is 11.6 Å². The van der Waals surface area contributed by atoms with Crippen molar-refractivity contribution in [3.8, 4) is 11.4 Å². The third-order valence-corrected chi connectivity index (χ3v) is 7.04. The quantitative estimate of drug-likeness (QED) is 0.438. The van der Waals surface area contributed by atoms with Gasteiger partial charge in [0.1, 0.15) is 5.75 Å². The van der Waals surface area contributed by atoms with E-state index in [9.17, 15) is 4.79 Å². The highest BCUT2D eigenvalue weighted by atomic mass is 35.5. The van der Waals surface area contributed by atoms with E-state index < -0.39 is 0 Å². The summed E-state index contributed by atoms with van der Waals surface area (Å²) in [5.74, 6) is 0.902. The predicted octanol–water partition coefficient (Wildman–Crippen LogP) is 6.14. The number of halogens is 1. The lowest BCUT2D eigenvalue weighted by Gasteiger charge is -2.46. The zero-order valence-electron chi connectivity index (χ0n) is 19.0. The molecule has 2 aliphatic heterocycles. The lowest BCUT2D eigenvalue weighted by atomic mass is 9.84. The van der Waals surface area contributed by atoms with Crippen LogP contribution in [0, 0.1) is 6.92 Å². The minimum Gasteiger partial charge on any atom is -0.495 e. The molecule has 5 nitrogen and oxygen atoms in total. The van der Waals surface area contributed by atoms with Gasteiger partial charge in [0.2, 0.25) is 0 Å². The van der Waals surface area contributed by atoms with E-state index in [1.165, 1.54) is 5.56 Å². The molecule has 5 rings (SSSR count). The van der Waals surface area contributed by atoms with E-state index in [1.54, 1.807) is 13.4 Å². The van der Waals surface area contributed by atoms with Crippen LogP contribution in [0.3, 0.4) is 0 Å². The lowest BCUT2D eigenvalue weighted by Crippen LogP contribution is -2.49. The SMILES string of the molecule is COc1cc(/C=C2/CC[C@H]3CCCC(c4ccc(Cl)cc4)N3C2=O)ccc1-n1cnc(C)c1. The Labute approximate surface area is 199 Å². The van der Waals surface area contributed by atoms with Crippen LogP contribution in [0.25, 0.3) is 11.8 Å². The number of imidazole rings is 1. The number of amides is 1. The molecule has 0 N–H and O–H groups in total. The maximum absolute atomic E-state index is 13.6. The van der Waals surface area contributed by atoms with Crippen molar-refractivity contribution in [3.05, 3.63) is 82.4 Å². The van der Waals surface area contributed by atoms with Crippen LogP contribution in [0.4, 0.5) is 0 Å². The van der Waals surface area contributed by atoms with Gasteiger partial charge < -0.3 is 14.2 Å². The second-order valence-corrected chi connectivity index (χ2v) is 9.36. The first-order chi connectivity index (χ1) is 16.0. The Morgan fingerprint density at radius 1 is 1.12 bits per heavy atom. The summed E-state index contributed by atoms with van der Waals surface area (Å²) in [6.45, 7) is 1.96. The van der Waals surface area contributed by atoms with Crippen LogP contribution in [-0.4, -0.2) is 33.5 Å². The average Bonchev–Trinajstić information content (AvgIpc) is 3.27. The summed E-state index contributed by atoms with van der Waals surface area (Å²) in [5.41, 5.74) is 4.87. The van der Waals surface area contributed by atoms with Crippen LogP contribution in [0.2, 0.25) is 5.02 Å². The van der Waals surface area contributed by atoms with Gasteiger partial charge in [0.05, 0.1) is 30.9 Å². The molecule has 2 atom stereocenters. The van der Waals surface area contributed by atoms with Crippen molar-refractivity contribution in [1.29, 1.82) is 0 Å². The highest BCUT2D eigenvalue weighted by Crippen LogP contribution is 2.41. The van der Waals surface area contributed by atoms with E-state index in [2.05, 4.69) is 22.0 Å². The van der Waals surface area contributed by atoms with Gasteiger partial charge in [-0.25, -0.2) is 4.98 Å².